The van der Waals surface area contributed by atoms with Crippen molar-refractivity contribution in [1.82, 2.24) is 5.32 Å². The van der Waals surface area contributed by atoms with Crippen molar-refractivity contribution in [3.8, 4) is 0 Å². The first-order valence-electron chi connectivity index (χ1n) is 5.71. The summed E-state index contributed by atoms with van der Waals surface area (Å²) in [6, 6.07) is 0. The normalized spacial score (nSPS) is 19.9. The van der Waals surface area contributed by atoms with Crippen LogP contribution < -0.4 is 11.1 Å². The molecular weight excluding hydrogens is 192 g/mol. The summed E-state index contributed by atoms with van der Waals surface area (Å²) in [4.78, 5) is 11.3. The molecule has 0 radical (unpaired) electrons. The Kier molecular flexibility index (Phi) is 5.05. The summed E-state index contributed by atoms with van der Waals surface area (Å²) in [6.07, 6.45) is 6.12. The molecule has 1 amide bonds. The number of hydrogen-bond acceptors (Lipinski definition) is 3. The fourth-order valence-corrected chi connectivity index (χ4v) is 1.99. The SMILES string of the molecule is COCCC(=O)NCC1(N)CCCCC1. The molecule has 0 atom stereocenters. The molecule has 0 aromatic rings. The molecule has 3 N–H and O–H groups in total. The smallest absolute Gasteiger partial charge is 0.222 e. The highest BCUT2D eigenvalue weighted by Crippen LogP contribution is 2.24. The molecular formula is C11H22N2O2. The molecule has 0 saturated heterocycles. The first kappa shape index (κ1) is 12.5. The van der Waals surface area contributed by atoms with Crippen molar-refractivity contribution in [2.45, 2.75) is 44.1 Å². The second-order valence-corrected chi connectivity index (χ2v) is 4.44. The van der Waals surface area contributed by atoms with E-state index in [0.717, 1.165) is 12.8 Å². The lowest BCUT2D eigenvalue weighted by molar-refractivity contribution is -0.122. The molecule has 0 aromatic carbocycles. The maximum Gasteiger partial charge on any atom is 0.222 e. The van der Waals surface area contributed by atoms with Gasteiger partial charge in [0.1, 0.15) is 0 Å². The van der Waals surface area contributed by atoms with Gasteiger partial charge in [-0.1, -0.05) is 19.3 Å². The van der Waals surface area contributed by atoms with Crippen LogP contribution in [0.15, 0.2) is 0 Å². The van der Waals surface area contributed by atoms with Crippen LogP contribution in [0.25, 0.3) is 0 Å². The minimum atomic E-state index is -0.166. The van der Waals surface area contributed by atoms with Gasteiger partial charge in [0.25, 0.3) is 0 Å². The average molecular weight is 214 g/mol. The van der Waals surface area contributed by atoms with Crippen LogP contribution in [-0.2, 0) is 9.53 Å². The van der Waals surface area contributed by atoms with E-state index >= 15 is 0 Å². The Hall–Kier alpha value is -0.610. The zero-order valence-electron chi connectivity index (χ0n) is 9.55. The van der Waals surface area contributed by atoms with Gasteiger partial charge in [0.15, 0.2) is 0 Å². The summed E-state index contributed by atoms with van der Waals surface area (Å²) in [7, 11) is 1.60. The Morgan fingerprint density at radius 3 is 2.67 bits per heavy atom. The lowest BCUT2D eigenvalue weighted by atomic mass is 9.82. The summed E-state index contributed by atoms with van der Waals surface area (Å²) in [5.74, 6) is 0.0345. The molecule has 0 aliphatic heterocycles. The highest BCUT2D eigenvalue weighted by atomic mass is 16.5. The molecule has 0 unspecified atom stereocenters. The highest BCUT2D eigenvalue weighted by Gasteiger charge is 2.27. The van der Waals surface area contributed by atoms with E-state index in [-0.39, 0.29) is 11.4 Å². The van der Waals surface area contributed by atoms with E-state index in [1.165, 1.54) is 19.3 Å². The number of ether oxygens (including phenoxy) is 1. The third-order valence-electron chi connectivity index (χ3n) is 3.02. The number of hydrogen-bond donors (Lipinski definition) is 2. The van der Waals surface area contributed by atoms with Crippen molar-refractivity contribution in [3.63, 3.8) is 0 Å². The monoisotopic (exact) mass is 214 g/mol. The number of nitrogens with one attached hydrogen (secondary N) is 1. The van der Waals surface area contributed by atoms with Crippen LogP contribution >= 0.6 is 0 Å². The van der Waals surface area contributed by atoms with Crippen molar-refractivity contribution in [2.75, 3.05) is 20.3 Å². The average Bonchev–Trinajstić information content (AvgIpc) is 2.25. The molecule has 1 aliphatic rings. The molecule has 0 bridgehead atoms. The summed E-state index contributed by atoms with van der Waals surface area (Å²) in [5, 5.41) is 2.88. The van der Waals surface area contributed by atoms with Gasteiger partial charge in [0.2, 0.25) is 5.91 Å². The minimum Gasteiger partial charge on any atom is -0.384 e. The number of rotatable bonds is 5. The van der Waals surface area contributed by atoms with E-state index in [9.17, 15) is 4.79 Å². The molecule has 1 saturated carbocycles. The number of carbonyl (C=O) groups is 1. The molecule has 88 valence electrons. The van der Waals surface area contributed by atoms with E-state index in [1.807, 2.05) is 0 Å². The predicted octanol–water partition coefficient (Wildman–Crippen LogP) is 0.801. The van der Waals surface area contributed by atoms with Crippen LogP contribution in [0.3, 0.4) is 0 Å². The number of amides is 1. The zero-order chi connectivity index (χ0) is 11.1. The predicted molar refractivity (Wildman–Crippen MR) is 59.5 cm³/mol. The van der Waals surface area contributed by atoms with E-state index in [2.05, 4.69) is 5.32 Å². The second-order valence-electron chi connectivity index (χ2n) is 4.44. The molecule has 0 heterocycles. The van der Waals surface area contributed by atoms with Crippen molar-refractivity contribution in [3.05, 3.63) is 0 Å². The van der Waals surface area contributed by atoms with Crippen molar-refractivity contribution in [2.24, 2.45) is 5.73 Å². The summed E-state index contributed by atoms with van der Waals surface area (Å²) < 4.78 is 4.84. The minimum absolute atomic E-state index is 0.0345. The lowest BCUT2D eigenvalue weighted by Crippen LogP contribution is -2.51. The Morgan fingerprint density at radius 2 is 2.07 bits per heavy atom. The quantitative estimate of drug-likeness (QED) is 0.711. The molecule has 0 spiro atoms. The van der Waals surface area contributed by atoms with Crippen LogP contribution in [0.2, 0.25) is 0 Å². The van der Waals surface area contributed by atoms with Crippen LogP contribution in [0.1, 0.15) is 38.5 Å². The molecule has 4 heteroatoms. The topological polar surface area (TPSA) is 64.3 Å². The third-order valence-corrected chi connectivity index (χ3v) is 3.02. The summed E-state index contributed by atoms with van der Waals surface area (Å²) in [5.41, 5.74) is 6.02. The molecule has 1 rings (SSSR count). The molecule has 1 aliphatic carbocycles. The van der Waals surface area contributed by atoms with Gasteiger partial charge in [0, 0.05) is 25.6 Å². The maximum absolute atomic E-state index is 11.3. The number of carbonyl (C=O) groups excluding carboxylic acids is 1. The van der Waals surface area contributed by atoms with Gasteiger partial charge in [0.05, 0.1) is 6.61 Å². The van der Waals surface area contributed by atoms with Crippen LogP contribution in [0, 0.1) is 0 Å². The Labute approximate surface area is 91.5 Å². The van der Waals surface area contributed by atoms with Crippen molar-refractivity contribution >= 4 is 5.91 Å². The van der Waals surface area contributed by atoms with Gasteiger partial charge in [-0.05, 0) is 12.8 Å². The number of methoxy groups -OCH3 is 1. The van der Waals surface area contributed by atoms with Gasteiger partial charge in [-0.3, -0.25) is 4.79 Å². The van der Waals surface area contributed by atoms with Gasteiger partial charge in [-0.25, -0.2) is 0 Å². The standard InChI is InChI=1S/C11H22N2O2/c1-15-8-5-10(14)13-9-11(12)6-3-2-4-7-11/h2-9,12H2,1H3,(H,13,14). The van der Waals surface area contributed by atoms with Crippen LogP contribution in [0.5, 0.6) is 0 Å². The van der Waals surface area contributed by atoms with Crippen molar-refractivity contribution in [1.29, 1.82) is 0 Å². The summed E-state index contributed by atoms with van der Waals surface area (Å²) >= 11 is 0. The number of nitrogens with two attached hydrogens (primary N) is 1. The molecule has 0 aromatic heterocycles. The Morgan fingerprint density at radius 1 is 1.40 bits per heavy atom. The van der Waals surface area contributed by atoms with E-state index in [1.54, 1.807) is 7.11 Å². The molecule has 4 nitrogen and oxygen atoms in total. The largest absolute Gasteiger partial charge is 0.384 e. The molecule has 1 fully saturated rings. The Balaban J connectivity index is 2.19. The fourth-order valence-electron chi connectivity index (χ4n) is 1.99. The molecule has 15 heavy (non-hydrogen) atoms. The van der Waals surface area contributed by atoms with E-state index in [4.69, 9.17) is 10.5 Å². The maximum atomic E-state index is 11.3. The lowest BCUT2D eigenvalue weighted by Gasteiger charge is -2.33. The van der Waals surface area contributed by atoms with Gasteiger partial charge in [-0.2, -0.15) is 0 Å². The van der Waals surface area contributed by atoms with Crippen LogP contribution in [-0.4, -0.2) is 31.7 Å². The zero-order valence-corrected chi connectivity index (χ0v) is 9.55. The first-order valence-corrected chi connectivity index (χ1v) is 5.71. The Bertz CT molecular complexity index is 201. The van der Waals surface area contributed by atoms with Gasteiger partial charge in [-0.15, -0.1) is 0 Å². The summed E-state index contributed by atoms with van der Waals surface area (Å²) in [6.45, 7) is 1.08. The first-order chi connectivity index (χ1) is 7.16. The fraction of sp³-hybridized carbons (Fsp3) is 0.909. The van der Waals surface area contributed by atoms with E-state index < -0.39 is 0 Å². The van der Waals surface area contributed by atoms with Crippen molar-refractivity contribution < 1.29 is 9.53 Å². The van der Waals surface area contributed by atoms with E-state index in [0.29, 0.717) is 19.6 Å². The highest BCUT2D eigenvalue weighted by molar-refractivity contribution is 5.76. The van der Waals surface area contributed by atoms with Gasteiger partial charge >= 0.3 is 0 Å². The third kappa shape index (κ3) is 4.62. The van der Waals surface area contributed by atoms with Crippen LogP contribution in [0.4, 0.5) is 0 Å². The second kappa shape index (κ2) is 6.08. The van der Waals surface area contributed by atoms with Gasteiger partial charge < -0.3 is 15.8 Å².